The normalized spacial score (nSPS) is 10.3. The molecule has 88 valence electrons. The van der Waals surface area contributed by atoms with Gasteiger partial charge >= 0.3 is 0 Å². The van der Waals surface area contributed by atoms with Crippen LogP contribution in [0.25, 0.3) is 5.65 Å². The fourth-order valence-corrected chi connectivity index (χ4v) is 1.67. The molecule has 2 heterocycles. The fourth-order valence-electron chi connectivity index (χ4n) is 1.67. The summed E-state index contributed by atoms with van der Waals surface area (Å²) >= 11 is 0. The summed E-state index contributed by atoms with van der Waals surface area (Å²) in [7, 11) is 0. The number of nitrogens with two attached hydrogens (primary N) is 1. The molecule has 0 aliphatic carbocycles. The number of pyridine rings is 1. The van der Waals surface area contributed by atoms with Crippen LogP contribution in [0.2, 0.25) is 0 Å². The SMILES string of the molecule is Cl.NCCCCCc1nnc2ccccn12. The van der Waals surface area contributed by atoms with E-state index in [0.29, 0.717) is 0 Å². The van der Waals surface area contributed by atoms with Gasteiger partial charge in [0, 0.05) is 12.6 Å². The first-order valence-electron chi connectivity index (χ1n) is 5.40. The van der Waals surface area contributed by atoms with Gasteiger partial charge in [-0.3, -0.25) is 4.40 Å². The number of nitrogens with zero attached hydrogens (tertiary/aromatic N) is 3. The molecule has 0 aliphatic rings. The first kappa shape index (κ1) is 12.9. The average Bonchev–Trinajstić information content (AvgIpc) is 2.68. The van der Waals surface area contributed by atoms with Crippen molar-refractivity contribution >= 4 is 18.1 Å². The molecule has 0 aromatic carbocycles. The van der Waals surface area contributed by atoms with Gasteiger partial charge in [0.1, 0.15) is 5.82 Å². The van der Waals surface area contributed by atoms with Crippen LogP contribution in [0, 0.1) is 0 Å². The Morgan fingerprint density at radius 2 is 2.00 bits per heavy atom. The van der Waals surface area contributed by atoms with Crippen LogP contribution in [0.1, 0.15) is 25.1 Å². The van der Waals surface area contributed by atoms with Crippen molar-refractivity contribution in [3.05, 3.63) is 30.2 Å². The molecule has 0 saturated heterocycles. The molecule has 2 aromatic rings. The standard InChI is InChI=1S/C11H16N4.ClH/c12-8-4-1-2-6-10-13-14-11-7-3-5-9-15(10)11;/h3,5,7,9H,1-2,4,6,8,12H2;1H. The molecule has 0 unspecified atom stereocenters. The molecule has 0 aliphatic heterocycles. The summed E-state index contributed by atoms with van der Waals surface area (Å²) in [5.74, 6) is 1.04. The summed E-state index contributed by atoms with van der Waals surface area (Å²) in [6.45, 7) is 0.778. The van der Waals surface area contributed by atoms with Gasteiger partial charge in [-0.1, -0.05) is 12.5 Å². The van der Waals surface area contributed by atoms with Crippen LogP contribution < -0.4 is 5.73 Å². The van der Waals surface area contributed by atoms with Crippen LogP contribution in [-0.4, -0.2) is 21.1 Å². The molecule has 0 saturated carbocycles. The van der Waals surface area contributed by atoms with Gasteiger partial charge in [0.2, 0.25) is 0 Å². The molecule has 0 spiro atoms. The molecule has 0 bridgehead atoms. The van der Waals surface area contributed by atoms with Crippen molar-refractivity contribution in [3.8, 4) is 0 Å². The van der Waals surface area contributed by atoms with Crippen molar-refractivity contribution in [2.24, 2.45) is 5.73 Å². The van der Waals surface area contributed by atoms with Crippen LogP contribution in [-0.2, 0) is 6.42 Å². The fraction of sp³-hybridized carbons (Fsp3) is 0.455. The van der Waals surface area contributed by atoms with Crippen LogP contribution in [0.3, 0.4) is 0 Å². The second-order valence-corrected chi connectivity index (χ2v) is 3.64. The van der Waals surface area contributed by atoms with E-state index in [1.54, 1.807) is 0 Å². The molecule has 0 fully saturated rings. The average molecular weight is 241 g/mol. The molecule has 2 rings (SSSR count). The van der Waals surface area contributed by atoms with E-state index < -0.39 is 0 Å². The zero-order valence-corrected chi connectivity index (χ0v) is 9.99. The molecular weight excluding hydrogens is 224 g/mol. The lowest BCUT2D eigenvalue weighted by Gasteiger charge is -1.99. The topological polar surface area (TPSA) is 56.2 Å². The molecule has 0 amide bonds. The Kier molecular flexibility index (Phi) is 5.22. The second-order valence-electron chi connectivity index (χ2n) is 3.64. The minimum atomic E-state index is 0. The third-order valence-electron chi connectivity index (χ3n) is 2.49. The maximum Gasteiger partial charge on any atom is 0.160 e. The van der Waals surface area contributed by atoms with E-state index >= 15 is 0 Å². The van der Waals surface area contributed by atoms with E-state index in [1.807, 2.05) is 28.8 Å². The van der Waals surface area contributed by atoms with Gasteiger partial charge in [0.15, 0.2) is 5.65 Å². The lowest BCUT2D eigenvalue weighted by molar-refractivity contribution is 0.665. The Morgan fingerprint density at radius 3 is 2.81 bits per heavy atom. The van der Waals surface area contributed by atoms with Crippen LogP contribution >= 0.6 is 12.4 Å². The van der Waals surface area contributed by atoms with E-state index in [1.165, 1.54) is 0 Å². The zero-order chi connectivity index (χ0) is 10.5. The van der Waals surface area contributed by atoms with Gasteiger partial charge in [-0.25, -0.2) is 0 Å². The minimum Gasteiger partial charge on any atom is -0.330 e. The predicted octanol–water partition coefficient (Wildman–Crippen LogP) is 1.82. The van der Waals surface area contributed by atoms with Gasteiger partial charge in [-0.15, -0.1) is 22.6 Å². The number of hydrogen-bond acceptors (Lipinski definition) is 3. The summed E-state index contributed by atoms with van der Waals surface area (Å²) < 4.78 is 2.04. The summed E-state index contributed by atoms with van der Waals surface area (Å²) in [6, 6.07) is 5.94. The number of aryl methyl sites for hydroxylation is 1. The van der Waals surface area contributed by atoms with Crippen LogP contribution in [0.5, 0.6) is 0 Å². The molecule has 2 aromatic heterocycles. The lowest BCUT2D eigenvalue weighted by atomic mass is 10.2. The largest absolute Gasteiger partial charge is 0.330 e. The molecule has 5 heteroatoms. The van der Waals surface area contributed by atoms with E-state index in [2.05, 4.69) is 10.2 Å². The highest BCUT2D eigenvalue weighted by molar-refractivity contribution is 5.85. The third kappa shape index (κ3) is 2.93. The van der Waals surface area contributed by atoms with Gasteiger partial charge in [-0.05, 0) is 31.5 Å². The maximum atomic E-state index is 5.45. The Hall–Kier alpha value is -1.13. The molecule has 16 heavy (non-hydrogen) atoms. The van der Waals surface area contributed by atoms with Crippen molar-refractivity contribution in [1.82, 2.24) is 14.6 Å². The van der Waals surface area contributed by atoms with Crippen molar-refractivity contribution in [2.45, 2.75) is 25.7 Å². The highest BCUT2D eigenvalue weighted by atomic mass is 35.5. The summed E-state index contributed by atoms with van der Waals surface area (Å²) in [5, 5.41) is 8.28. The number of unbranched alkanes of at least 4 members (excludes halogenated alkanes) is 2. The third-order valence-corrected chi connectivity index (χ3v) is 2.49. The first-order valence-corrected chi connectivity index (χ1v) is 5.40. The summed E-state index contributed by atoms with van der Waals surface area (Å²) in [5.41, 5.74) is 6.37. The van der Waals surface area contributed by atoms with E-state index in [4.69, 9.17) is 5.73 Å². The van der Waals surface area contributed by atoms with E-state index in [0.717, 1.165) is 43.7 Å². The van der Waals surface area contributed by atoms with Gasteiger partial charge in [0.05, 0.1) is 0 Å². The Bertz CT molecular complexity index is 427. The number of halogens is 1. The Morgan fingerprint density at radius 1 is 1.12 bits per heavy atom. The first-order chi connectivity index (χ1) is 7.42. The minimum absolute atomic E-state index is 0. The van der Waals surface area contributed by atoms with E-state index in [-0.39, 0.29) is 12.4 Å². The Labute approximate surface area is 101 Å². The molecule has 4 nitrogen and oxygen atoms in total. The number of aromatic nitrogens is 3. The van der Waals surface area contributed by atoms with E-state index in [9.17, 15) is 0 Å². The highest BCUT2D eigenvalue weighted by Gasteiger charge is 2.02. The van der Waals surface area contributed by atoms with Crippen molar-refractivity contribution in [2.75, 3.05) is 6.54 Å². The predicted molar refractivity (Wildman–Crippen MR) is 66.8 cm³/mol. The summed E-state index contributed by atoms with van der Waals surface area (Å²) in [4.78, 5) is 0. The quantitative estimate of drug-likeness (QED) is 0.812. The Balaban J connectivity index is 0.00000128. The van der Waals surface area contributed by atoms with Crippen molar-refractivity contribution in [3.63, 3.8) is 0 Å². The highest BCUT2D eigenvalue weighted by Crippen LogP contribution is 2.06. The summed E-state index contributed by atoms with van der Waals surface area (Å²) in [6.07, 6.45) is 6.38. The number of rotatable bonds is 5. The maximum absolute atomic E-state index is 5.45. The monoisotopic (exact) mass is 240 g/mol. The number of hydrogen-bond donors (Lipinski definition) is 1. The lowest BCUT2D eigenvalue weighted by Crippen LogP contribution is -1.99. The molecule has 0 atom stereocenters. The molecular formula is C11H17ClN4. The van der Waals surface area contributed by atoms with Crippen LogP contribution in [0.15, 0.2) is 24.4 Å². The van der Waals surface area contributed by atoms with Crippen molar-refractivity contribution in [1.29, 1.82) is 0 Å². The zero-order valence-electron chi connectivity index (χ0n) is 9.17. The second kappa shape index (κ2) is 6.45. The molecule has 2 N–H and O–H groups in total. The van der Waals surface area contributed by atoms with Gasteiger partial charge in [0.25, 0.3) is 0 Å². The smallest absolute Gasteiger partial charge is 0.160 e. The number of fused-ring (bicyclic) bond motifs is 1. The van der Waals surface area contributed by atoms with Crippen LogP contribution in [0.4, 0.5) is 0 Å². The van der Waals surface area contributed by atoms with Gasteiger partial charge < -0.3 is 5.73 Å². The van der Waals surface area contributed by atoms with Gasteiger partial charge in [-0.2, -0.15) is 0 Å². The van der Waals surface area contributed by atoms with Crippen molar-refractivity contribution < 1.29 is 0 Å². The molecule has 0 radical (unpaired) electrons.